The number of nitrogens with zero attached hydrogens (tertiary/aromatic N) is 3. The van der Waals surface area contributed by atoms with Crippen LogP contribution in [0.15, 0.2) is 4.79 Å². The molecule has 2 heterocycles. The minimum absolute atomic E-state index is 0.0505. The van der Waals surface area contributed by atoms with E-state index < -0.39 is 17.3 Å². The fourth-order valence-electron chi connectivity index (χ4n) is 2.33. The van der Waals surface area contributed by atoms with Crippen LogP contribution in [-0.2, 0) is 11.3 Å². The van der Waals surface area contributed by atoms with Gasteiger partial charge in [0.2, 0.25) is 5.75 Å². The predicted octanol–water partition coefficient (Wildman–Crippen LogP) is 0.132. The van der Waals surface area contributed by atoms with Crippen LogP contribution in [0.25, 0.3) is 0 Å². The molecule has 2 rings (SSSR count). The molecule has 1 atom stereocenters. The van der Waals surface area contributed by atoms with Crippen LogP contribution in [0.3, 0.4) is 0 Å². The highest BCUT2D eigenvalue weighted by atomic mass is 16.5. The lowest BCUT2D eigenvalue weighted by molar-refractivity contribution is 0.0587. The van der Waals surface area contributed by atoms with Crippen molar-refractivity contribution >= 4 is 5.97 Å². The Bertz CT molecular complexity index is 565. The molecule has 1 unspecified atom stereocenters. The van der Waals surface area contributed by atoms with Crippen LogP contribution < -0.4 is 5.56 Å². The molecule has 19 heavy (non-hydrogen) atoms. The lowest BCUT2D eigenvalue weighted by Crippen LogP contribution is -2.36. The van der Waals surface area contributed by atoms with Crippen LogP contribution in [0, 0.1) is 0 Å². The van der Waals surface area contributed by atoms with Crippen LogP contribution in [0.5, 0.6) is 5.75 Å². The molecule has 1 aliphatic rings. The number of methoxy groups -OCH3 is 1. The number of aromatic hydroxyl groups is 1. The molecule has 0 amide bonds. The van der Waals surface area contributed by atoms with Gasteiger partial charge >= 0.3 is 5.97 Å². The number of aromatic nitrogens is 2. The van der Waals surface area contributed by atoms with Crippen molar-refractivity contribution in [3.05, 3.63) is 21.9 Å². The highest BCUT2D eigenvalue weighted by Crippen LogP contribution is 2.27. The molecule has 7 heteroatoms. The van der Waals surface area contributed by atoms with Gasteiger partial charge < -0.3 is 9.84 Å². The largest absolute Gasteiger partial charge is 0.501 e. The van der Waals surface area contributed by atoms with Gasteiger partial charge in [0.25, 0.3) is 5.56 Å². The highest BCUT2D eigenvalue weighted by molar-refractivity contribution is 5.89. The molecule has 0 saturated heterocycles. The molecule has 104 valence electrons. The summed E-state index contributed by atoms with van der Waals surface area (Å²) in [5, 5.41) is 9.77. The Balaban J connectivity index is 2.65. The highest BCUT2D eigenvalue weighted by Gasteiger charge is 2.29. The van der Waals surface area contributed by atoms with Crippen LogP contribution in [0.2, 0.25) is 0 Å². The van der Waals surface area contributed by atoms with Crippen LogP contribution in [0.1, 0.15) is 35.2 Å². The lowest BCUT2D eigenvalue weighted by atomic mass is 10.1. The normalized spacial score (nSPS) is 18.2. The van der Waals surface area contributed by atoms with Crippen LogP contribution in [0.4, 0.5) is 0 Å². The van der Waals surface area contributed by atoms with Crippen molar-refractivity contribution in [2.75, 3.05) is 21.2 Å². The van der Waals surface area contributed by atoms with E-state index in [2.05, 4.69) is 9.72 Å². The Morgan fingerprint density at radius 1 is 1.53 bits per heavy atom. The average Bonchev–Trinajstić information content (AvgIpc) is 2.41. The maximum Gasteiger partial charge on any atom is 0.360 e. The monoisotopic (exact) mass is 267 g/mol. The number of carbonyl (C=O) groups is 1. The second-order valence-corrected chi connectivity index (χ2v) is 4.74. The van der Waals surface area contributed by atoms with Crippen molar-refractivity contribution < 1.29 is 14.6 Å². The van der Waals surface area contributed by atoms with E-state index >= 15 is 0 Å². The van der Waals surface area contributed by atoms with Gasteiger partial charge in [-0.05, 0) is 26.9 Å². The molecule has 1 N–H and O–H groups in total. The first-order chi connectivity index (χ1) is 8.97. The second kappa shape index (κ2) is 5.00. The number of hydrogen-bond acceptors (Lipinski definition) is 6. The number of esters is 1. The molecule has 7 nitrogen and oxygen atoms in total. The molecule has 1 aliphatic heterocycles. The third-order valence-electron chi connectivity index (χ3n) is 3.33. The predicted molar refractivity (Wildman–Crippen MR) is 67.2 cm³/mol. The van der Waals surface area contributed by atoms with E-state index in [0.29, 0.717) is 12.4 Å². The third kappa shape index (κ3) is 2.21. The first kappa shape index (κ1) is 13.5. The maximum atomic E-state index is 12.1. The summed E-state index contributed by atoms with van der Waals surface area (Å²) in [6.45, 7) is 0.501. The van der Waals surface area contributed by atoms with Gasteiger partial charge in [0.15, 0.2) is 5.69 Å². The van der Waals surface area contributed by atoms with Crippen molar-refractivity contribution in [1.29, 1.82) is 0 Å². The zero-order valence-corrected chi connectivity index (χ0v) is 11.2. The third-order valence-corrected chi connectivity index (χ3v) is 3.33. The Morgan fingerprint density at radius 3 is 2.79 bits per heavy atom. The number of ether oxygens (including phenoxy) is 1. The van der Waals surface area contributed by atoms with Gasteiger partial charge in [-0.25, -0.2) is 9.78 Å². The van der Waals surface area contributed by atoms with Crippen LogP contribution >= 0.6 is 0 Å². The molecule has 0 fully saturated rings. The summed E-state index contributed by atoms with van der Waals surface area (Å²) < 4.78 is 5.96. The molecule has 0 radical (unpaired) electrons. The second-order valence-electron chi connectivity index (χ2n) is 4.74. The molecule has 1 aromatic heterocycles. The summed E-state index contributed by atoms with van der Waals surface area (Å²) >= 11 is 0. The Labute approximate surface area is 110 Å². The zero-order valence-electron chi connectivity index (χ0n) is 11.2. The van der Waals surface area contributed by atoms with Gasteiger partial charge in [-0.3, -0.25) is 14.3 Å². The van der Waals surface area contributed by atoms with Crippen molar-refractivity contribution in [1.82, 2.24) is 14.5 Å². The van der Waals surface area contributed by atoms with Gasteiger partial charge in [-0.2, -0.15) is 0 Å². The molecular weight excluding hydrogens is 250 g/mol. The topological polar surface area (TPSA) is 84.7 Å². The molecule has 0 saturated carbocycles. The van der Waals surface area contributed by atoms with E-state index in [1.807, 2.05) is 19.0 Å². The lowest BCUT2D eigenvalue weighted by Gasteiger charge is -2.30. The Kier molecular flexibility index (Phi) is 3.57. The van der Waals surface area contributed by atoms with E-state index in [-0.39, 0.29) is 11.7 Å². The maximum absolute atomic E-state index is 12.1. The van der Waals surface area contributed by atoms with Gasteiger partial charge in [0.05, 0.1) is 13.2 Å². The van der Waals surface area contributed by atoms with Gasteiger partial charge in [0.1, 0.15) is 5.82 Å². The minimum atomic E-state index is -0.805. The number of fused-ring (bicyclic) bond motifs is 1. The van der Waals surface area contributed by atoms with Gasteiger partial charge in [0, 0.05) is 6.54 Å². The molecule has 1 aromatic rings. The summed E-state index contributed by atoms with van der Waals surface area (Å²) in [5.41, 5.74) is -0.899. The number of carbonyl (C=O) groups excluding carboxylic acids is 1. The van der Waals surface area contributed by atoms with Crippen molar-refractivity contribution in [3.8, 4) is 5.75 Å². The Morgan fingerprint density at radius 2 is 2.21 bits per heavy atom. The van der Waals surface area contributed by atoms with Gasteiger partial charge in [-0.1, -0.05) is 0 Å². The fourth-order valence-corrected chi connectivity index (χ4v) is 2.33. The van der Waals surface area contributed by atoms with E-state index in [1.165, 1.54) is 11.7 Å². The molecule has 0 aromatic carbocycles. The van der Waals surface area contributed by atoms with E-state index in [9.17, 15) is 14.7 Å². The molecule has 0 aliphatic carbocycles. The van der Waals surface area contributed by atoms with Crippen molar-refractivity contribution in [3.63, 3.8) is 0 Å². The minimum Gasteiger partial charge on any atom is -0.501 e. The fraction of sp³-hybridized carbons (Fsp3) is 0.583. The zero-order chi connectivity index (χ0) is 14.2. The van der Waals surface area contributed by atoms with E-state index in [1.54, 1.807) is 0 Å². The van der Waals surface area contributed by atoms with E-state index in [4.69, 9.17) is 0 Å². The average molecular weight is 267 g/mol. The SMILES string of the molecule is COC(=O)c1nc2n(c(=O)c1O)CCCC2N(C)C. The van der Waals surface area contributed by atoms with Crippen LogP contribution in [-0.4, -0.2) is 46.7 Å². The summed E-state index contributed by atoms with van der Waals surface area (Å²) in [5.74, 6) is -0.949. The smallest absolute Gasteiger partial charge is 0.360 e. The van der Waals surface area contributed by atoms with E-state index in [0.717, 1.165) is 12.8 Å². The first-order valence-corrected chi connectivity index (χ1v) is 6.05. The quantitative estimate of drug-likeness (QED) is 0.767. The standard InChI is InChI=1S/C12H17N3O4/c1-14(2)7-5-4-6-15-10(7)13-8(12(18)19-3)9(16)11(15)17/h7,16H,4-6H2,1-3H3. The molecular formula is C12H17N3O4. The summed E-state index contributed by atoms with van der Waals surface area (Å²) in [7, 11) is 4.96. The number of hydrogen-bond donors (Lipinski definition) is 1. The Hall–Kier alpha value is -1.89. The van der Waals surface area contributed by atoms with Crippen molar-refractivity contribution in [2.45, 2.75) is 25.4 Å². The first-order valence-electron chi connectivity index (χ1n) is 6.05. The van der Waals surface area contributed by atoms with Crippen molar-refractivity contribution in [2.24, 2.45) is 0 Å². The summed E-state index contributed by atoms with van der Waals surface area (Å²) in [6, 6.07) is -0.0505. The van der Waals surface area contributed by atoms with Gasteiger partial charge in [-0.15, -0.1) is 0 Å². The number of rotatable bonds is 2. The summed E-state index contributed by atoms with van der Waals surface area (Å²) in [4.78, 5) is 29.7. The molecule has 0 bridgehead atoms. The molecule has 0 spiro atoms. The summed E-state index contributed by atoms with van der Waals surface area (Å²) in [6.07, 6.45) is 1.68.